The second kappa shape index (κ2) is 8.47. The first-order valence-electron chi connectivity index (χ1n) is 8.86. The smallest absolute Gasteiger partial charge is 0.262 e. The number of aromatic nitrogens is 2. The molecule has 0 radical (unpaired) electrons. The van der Waals surface area contributed by atoms with Crippen LogP contribution in [-0.2, 0) is 7.05 Å². The summed E-state index contributed by atoms with van der Waals surface area (Å²) in [4.78, 5) is 25.0. The third-order valence-corrected chi connectivity index (χ3v) is 4.24. The standard InChI is InChI=1S/C21H22N4O4/c1-13-5-10-18(28-3)17(11-13)23-19(26)14-6-8-15(9-7-14)22-20(27)16-12-25(2)24-21(16)29-4/h5-12H,1-4H3,(H,22,27)(H,23,26). The first-order valence-corrected chi connectivity index (χ1v) is 8.86. The van der Waals surface area contributed by atoms with Crippen molar-refractivity contribution in [2.75, 3.05) is 24.9 Å². The molecule has 0 spiro atoms. The number of rotatable bonds is 6. The highest BCUT2D eigenvalue weighted by molar-refractivity contribution is 6.07. The predicted molar refractivity (Wildman–Crippen MR) is 110 cm³/mol. The van der Waals surface area contributed by atoms with E-state index in [1.54, 1.807) is 50.7 Å². The Morgan fingerprint density at radius 3 is 2.34 bits per heavy atom. The Bertz CT molecular complexity index is 1040. The van der Waals surface area contributed by atoms with Crippen LogP contribution in [0.2, 0.25) is 0 Å². The maximum Gasteiger partial charge on any atom is 0.262 e. The molecule has 0 bridgehead atoms. The van der Waals surface area contributed by atoms with E-state index in [1.807, 2.05) is 19.1 Å². The van der Waals surface area contributed by atoms with Gasteiger partial charge >= 0.3 is 0 Å². The molecule has 0 atom stereocenters. The summed E-state index contributed by atoms with van der Waals surface area (Å²) in [7, 11) is 4.71. The van der Waals surface area contributed by atoms with Gasteiger partial charge in [0.15, 0.2) is 0 Å². The summed E-state index contributed by atoms with van der Waals surface area (Å²) in [6.07, 6.45) is 1.57. The number of carbonyl (C=O) groups is 2. The first kappa shape index (κ1) is 19.9. The van der Waals surface area contributed by atoms with Gasteiger partial charge in [-0.25, -0.2) is 0 Å². The zero-order valence-electron chi connectivity index (χ0n) is 16.6. The number of hydrogen-bond acceptors (Lipinski definition) is 5. The Hall–Kier alpha value is -3.81. The number of hydrogen-bond donors (Lipinski definition) is 2. The lowest BCUT2D eigenvalue weighted by Gasteiger charge is -2.11. The molecule has 0 aliphatic heterocycles. The highest BCUT2D eigenvalue weighted by atomic mass is 16.5. The summed E-state index contributed by atoms with van der Waals surface area (Å²) >= 11 is 0. The molecule has 2 N–H and O–H groups in total. The zero-order chi connectivity index (χ0) is 21.0. The molecule has 1 aromatic heterocycles. The first-order chi connectivity index (χ1) is 13.9. The Morgan fingerprint density at radius 1 is 0.966 bits per heavy atom. The van der Waals surface area contributed by atoms with E-state index in [1.165, 1.54) is 11.8 Å². The van der Waals surface area contributed by atoms with Crippen LogP contribution in [0.15, 0.2) is 48.7 Å². The topological polar surface area (TPSA) is 94.5 Å². The highest BCUT2D eigenvalue weighted by Crippen LogP contribution is 2.26. The van der Waals surface area contributed by atoms with Crippen molar-refractivity contribution in [1.29, 1.82) is 0 Å². The number of nitrogens with one attached hydrogen (secondary N) is 2. The third kappa shape index (κ3) is 4.55. The Labute approximate surface area is 168 Å². The molecular weight excluding hydrogens is 372 g/mol. The number of ether oxygens (including phenoxy) is 2. The Morgan fingerprint density at radius 2 is 1.69 bits per heavy atom. The molecule has 0 unspecified atom stereocenters. The second-order valence-corrected chi connectivity index (χ2v) is 6.42. The molecule has 0 fully saturated rings. The van der Waals surface area contributed by atoms with Crippen LogP contribution in [0.5, 0.6) is 11.6 Å². The van der Waals surface area contributed by atoms with Gasteiger partial charge in [-0.3, -0.25) is 14.3 Å². The van der Waals surface area contributed by atoms with Crippen molar-refractivity contribution >= 4 is 23.2 Å². The van der Waals surface area contributed by atoms with Crippen molar-refractivity contribution in [3.05, 3.63) is 65.4 Å². The zero-order valence-corrected chi connectivity index (χ0v) is 16.6. The number of nitrogens with zero attached hydrogens (tertiary/aromatic N) is 2. The van der Waals surface area contributed by atoms with Crippen molar-refractivity contribution in [2.45, 2.75) is 6.92 Å². The van der Waals surface area contributed by atoms with Gasteiger partial charge in [0.1, 0.15) is 11.3 Å². The van der Waals surface area contributed by atoms with Crippen LogP contribution in [0.4, 0.5) is 11.4 Å². The van der Waals surface area contributed by atoms with Gasteiger partial charge in [-0.15, -0.1) is 5.10 Å². The molecule has 8 heteroatoms. The Balaban J connectivity index is 1.70. The molecule has 1 heterocycles. The summed E-state index contributed by atoms with van der Waals surface area (Å²) in [5, 5.41) is 9.67. The minimum Gasteiger partial charge on any atom is -0.495 e. The van der Waals surface area contributed by atoms with Gasteiger partial charge in [0, 0.05) is 24.5 Å². The highest BCUT2D eigenvalue weighted by Gasteiger charge is 2.17. The summed E-state index contributed by atoms with van der Waals surface area (Å²) in [5.41, 5.74) is 2.92. The maximum absolute atomic E-state index is 12.6. The van der Waals surface area contributed by atoms with Crippen molar-refractivity contribution in [3.8, 4) is 11.6 Å². The van der Waals surface area contributed by atoms with Gasteiger partial charge in [0.2, 0.25) is 5.88 Å². The van der Waals surface area contributed by atoms with E-state index in [9.17, 15) is 9.59 Å². The maximum atomic E-state index is 12.6. The molecule has 3 aromatic rings. The number of amides is 2. The summed E-state index contributed by atoms with van der Waals surface area (Å²) < 4.78 is 11.9. The van der Waals surface area contributed by atoms with Gasteiger partial charge in [0.05, 0.1) is 19.9 Å². The van der Waals surface area contributed by atoms with E-state index >= 15 is 0 Å². The lowest BCUT2D eigenvalue weighted by Crippen LogP contribution is -2.14. The fourth-order valence-corrected chi connectivity index (χ4v) is 2.79. The number of carbonyl (C=O) groups excluding carboxylic acids is 2. The minimum atomic E-state index is -0.350. The van der Waals surface area contributed by atoms with Crippen LogP contribution in [-0.4, -0.2) is 35.8 Å². The van der Waals surface area contributed by atoms with E-state index in [0.717, 1.165) is 5.56 Å². The second-order valence-electron chi connectivity index (χ2n) is 6.42. The monoisotopic (exact) mass is 394 g/mol. The molecule has 2 amide bonds. The van der Waals surface area contributed by atoms with Crippen molar-refractivity contribution in [3.63, 3.8) is 0 Å². The van der Waals surface area contributed by atoms with E-state index in [0.29, 0.717) is 28.3 Å². The van der Waals surface area contributed by atoms with E-state index in [2.05, 4.69) is 15.7 Å². The van der Waals surface area contributed by atoms with Crippen molar-refractivity contribution < 1.29 is 19.1 Å². The normalized spacial score (nSPS) is 10.3. The van der Waals surface area contributed by atoms with Crippen molar-refractivity contribution in [1.82, 2.24) is 9.78 Å². The molecular formula is C21H22N4O4. The molecule has 0 aliphatic rings. The average molecular weight is 394 g/mol. The fraction of sp³-hybridized carbons (Fsp3) is 0.190. The van der Waals surface area contributed by atoms with Crippen LogP contribution >= 0.6 is 0 Å². The lowest BCUT2D eigenvalue weighted by molar-refractivity contribution is 0.101. The quantitative estimate of drug-likeness (QED) is 0.669. The van der Waals surface area contributed by atoms with Crippen molar-refractivity contribution in [2.24, 2.45) is 7.05 Å². The van der Waals surface area contributed by atoms with Crippen LogP contribution in [0, 0.1) is 6.92 Å². The number of benzene rings is 2. The van der Waals surface area contributed by atoms with Crippen LogP contribution in [0.25, 0.3) is 0 Å². The molecule has 150 valence electrons. The lowest BCUT2D eigenvalue weighted by atomic mass is 10.1. The van der Waals surface area contributed by atoms with Crippen LogP contribution < -0.4 is 20.1 Å². The van der Waals surface area contributed by atoms with Gasteiger partial charge < -0.3 is 20.1 Å². The number of anilines is 2. The van der Waals surface area contributed by atoms with E-state index in [4.69, 9.17) is 9.47 Å². The minimum absolute atomic E-state index is 0.244. The van der Waals surface area contributed by atoms with Gasteiger partial charge in [0.25, 0.3) is 11.8 Å². The molecule has 3 rings (SSSR count). The summed E-state index contributed by atoms with van der Waals surface area (Å²) in [6, 6.07) is 12.1. The molecule has 29 heavy (non-hydrogen) atoms. The predicted octanol–water partition coefficient (Wildman–Crippen LogP) is 3.25. The van der Waals surface area contributed by atoms with Gasteiger partial charge in [-0.05, 0) is 48.9 Å². The van der Waals surface area contributed by atoms with Gasteiger partial charge in [-0.1, -0.05) is 6.07 Å². The third-order valence-electron chi connectivity index (χ3n) is 4.24. The van der Waals surface area contributed by atoms with E-state index < -0.39 is 0 Å². The fourth-order valence-electron chi connectivity index (χ4n) is 2.79. The van der Waals surface area contributed by atoms with E-state index in [-0.39, 0.29) is 17.7 Å². The average Bonchev–Trinajstić information content (AvgIpc) is 3.09. The summed E-state index contributed by atoms with van der Waals surface area (Å²) in [5.74, 6) is 0.198. The molecule has 8 nitrogen and oxygen atoms in total. The largest absolute Gasteiger partial charge is 0.495 e. The van der Waals surface area contributed by atoms with Crippen LogP contribution in [0.1, 0.15) is 26.3 Å². The SMILES string of the molecule is COc1ccc(C)cc1NC(=O)c1ccc(NC(=O)c2cn(C)nc2OC)cc1. The van der Waals surface area contributed by atoms with Gasteiger partial charge in [-0.2, -0.15) is 0 Å². The molecule has 0 saturated heterocycles. The Kier molecular flexibility index (Phi) is 5.82. The molecule has 0 aliphatic carbocycles. The number of methoxy groups -OCH3 is 2. The number of aryl methyl sites for hydroxylation is 2. The molecule has 0 saturated carbocycles. The van der Waals surface area contributed by atoms with Crippen LogP contribution in [0.3, 0.4) is 0 Å². The molecule has 2 aromatic carbocycles. The summed E-state index contributed by atoms with van der Waals surface area (Å²) in [6.45, 7) is 1.93.